The Bertz CT molecular complexity index is 1370. The van der Waals surface area contributed by atoms with Gasteiger partial charge in [0.15, 0.2) is 6.10 Å². The first-order chi connectivity index (χ1) is 33.1. The van der Waals surface area contributed by atoms with Crippen LogP contribution in [0.3, 0.4) is 0 Å². The van der Waals surface area contributed by atoms with Gasteiger partial charge in [-0.2, -0.15) is 0 Å². The highest BCUT2D eigenvalue weighted by Crippen LogP contribution is 2.14. The predicted octanol–water partition coefficient (Wildman–Crippen LogP) is 18.7. The quantitative estimate of drug-likeness (QED) is 0.0374. The first-order valence-electron chi connectivity index (χ1n) is 27.6. The second kappa shape index (κ2) is 56.6. The molecule has 5 nitrogen and oxygen atoms in total. The van der Waals surface area contributed by atoms with E-state index < -0.39 is 6.10 Å². The van der Waals surface area contributed by atoms with Crippen molar-refractivity contribution in [1.29, 1.82) is 0 Å². The minimum atomic E-state index is -0.786. The largest absolute Gasteiger partial charge is 0.462 e. The lowest BCUT2D eigenvalue weighted by molar-refractivity contribution is -0.161. The molecular weight excluding hydrogens is 825 g/mol. The monoisotopic (exact) mass is 927 g/mol. The molecule has 380 valence electrons. The Morgan fingerprint density at radius 2 is 0.642 bits per heavy atom. The molecule has 0 rings (SSSR count). The summed E-state index contributed by atoms with van der Waals surface area (Å²) in [6.45, 7) is 3.99. The topological polar surface area (TPSA) is 72.8 Å². The summed E-state index contributed by atoms with van der Waals surface area (Å²) in [5.74, 6) is -0.612. The molecule has 0 amide bonds. The third kappa shape index (κ3) is 54.8. The fraction of sp³-hybridized carbons (Fsp3) is 0.645. The maximum absolute atomic E-state index is 12.3. The van der Waals surface area contributed by atoms with E-state index in [1.54, 1.807) is 0 Å². The molecular formula is C62H102O5. The second-order valence-electron chi connectivity index (χ2n) is 17.9. The molecule has 0 saturated heterocycles. The van der Waals surface area contributed by atoms with Gasteiger partial charge in [-0.15, -0.1) is 0 Å². The van der Waals surface area contributed by atoms with Crippen molar-refractivity contribution in [2.24, 2.45) is 0 Å². The highest BCUT2D eigenvalue weighted by atomic mass is 16.6. The van der Waals surface area contributed by atoms with Gasteiger partial charge in [0.05, 0.1) is 6.61 Å². The number of aliphatic hydroxyl groups is 1. The van der Waals surface area contributed by atoms with Crippen molar-refractivity contribution in [2.45, 2.75) is 245 Å². The fourth-order valence-corrected chi connectivity index (χ4v) is 7.37. The van der Waals surface area contributed by atoms with Crippen LogP contribution in [0.25, 0.3) is 0 Å². The summed E-state index contributed by atoms with van der Waals surface area (Å²) in [7, 11) is 0. The van der Waals surface area contributed by atoms with Crippen molar-refractivity contribution in [3.8, 4) is 0 Å². The smallest absolute Gasteiger partial charge is 0.306 e. The zero-order valence-corrected chi connectivity index (χ0v) is 43.4. The van der Waals surface area contributed by atoms with Gasteiger partial charge in [-0.05, 0) is 109 Å². The van der Waals surface area contributed by atoms with Crippen LogP contribution in [-0.4, -0.2) is 36.4 Å². The van der Waals surface area contributed by atoms with Gasteiger partial charge in [-0.3, -0.25) is 9.59 Å². The van der Waals surface area contributed by atoms with Gasteiger partial charge in [0.25, 0.3) is 0 Å². The molecule has 0 spiro atoms. The van der Waals surface area contributed by atoms with Crippen LogP contribution in [0.4, 0.5) is 0 Å². The van der Waals surface area contributed by atoms with E-state index in [0.717, 1.165) is 103 Å². The van der Waals surface area contributed by atoms with E-state index in [0.29, 0.717) is 12.8 Å². The van der Waals surface area contributed by atoms with Gasteiger partial charge in [0.1, 0.15) is 6.61 Å². The molecule has 67 heavy (non-hydrogen) atoms. The lowest BCUT2D eigenvalue weighted by atomic mass is 10.0. The molecule has 0 aliphatic rings. The van der Waals surface area contributed by atoms with E-state index in [-0.39, 0.29) is 25.2 Å². The summed E-state index contributed by atoms with van der Waals surface area (Å²) in [6.07, 6.45) is 83.0. The normalized spacial score (nSPS) is 13.2. The standard InChI is InChI=1S/C62H102O5/c1-3-5-7-9-11-13-15-17-19-21-22-23-24-25-26-27-28-29-30-31-32-33-34-35-36-37-38-39-40-41-43-45-47-49-51-53-55-57-62(65)67-60(58-63)59-66-61(64)56-54-52-50-48-46-44-42-20-18-16-14-12-10-8-6-4-2/h5,7,11,13-14,16-17,19-20,22-23,25-26,28-29,31-32,34-35,42,60,63H,3-4,6,8-10,12,15,18,21,24,27,30,33,36-41,43-59H2,1-2H3/b7-5-,13-11-,16-14-,19-17-,23-22-,26-25-,29-28-,32-31-,35-34-,42-20-. The van der Waals surface area contributed by atoms with E-state index >= 15 is 0 Å². The summed E-state index contributed by atoms with van der Waals surface area (Å²) in [4.78, 5) is 24.5. The molecule has 0 radical (unpaired) electrons. The van der Waals surface area contributed by atoms with Crippen molar-refractivity contribution in [3.63, 3.8) is 0 Å². The Hall–Kier alpha value is -3.70. The summed E-state index contributed by atoms with van der Waals surface area (Å²) < 4.78 is 10.7. The molecule has 0 saturated carbocycles. The van der Waals surface area contributed by atoms with Crippen molar-refractivity contribution in [1.82, 2.24) is 0 Å². The van der Waals surface area contributed by atoms with Gasteiger partial charge in [-0.1, -0.05) is 238 Å². The number of aliphatic hydroxyl groups excluding tert-OH is 1. The number of carbonyl (C=O) groups is 2. The molecule has 0 aromatic rings. The number of unbranched alkanes of at least 4 members (excludes halogenated alkanes) is 21. The zero-order chi connectivity index (χ0) is 48.5. The molecule has 0 fully saturated rings. The molecule has 0 aromatic heterocycles. The average molecular weight is 927 g/mol. The molecule has 5 heteroatoms. The van der Waals surface area contributed by atoms with Gasteiger partial charge in [0.2, 0.25) is 0 Å². The number of ether oxygens (including phenoxy) is 2. The van der Waals surface area contributed by atoms with E-state index in [9.17, 15) is 14.7 Å². The van der Waals surface area contributed by atoms with E-state index in [1.807, 2.05) is 0 Å². The Morgan fingerprint density at radius 1 is 0.358 bits per heavy atom. The Kier molecular flexibility index (Phi) is 53.5. The van der Waals surface area contributed by atoms with E-state index in [2.05, 4.69) is 135 Å². The number of hydrogen-bond acceptors (Lipinski definition) is 5. The van der Waals surface area contributed by atoms with E-state index in [1.165, 1.54) is 109 Å². The predicted molar refractivity (Wildman–Crippen MR) is 292 cm³/mol. The summed E-state index contributed by atoms with van der Waals surface area (Å²) in [6, 6.07) is 0. The number of rotatable bonds is 49. The van der Waals surface area contributed by atoms with Gasteiger partial charge in [0, 0.05) is 12.8 Å². The van der Waals surface area contributed by atoms with Crippen LogP contribution in [0.5, 0.6) is 0 Å². The van der Waals surface area contributed by atoms with Crippen molar-refractivity contribution >= 4 is 11.9 Å². The summed E-state index contributed by atoms with van der Waals surface area (Å²) in [5, 5.41) is 9.63. The Morgan fingerprint density at radius 3 is 0.970 bits per heavy atom. The van der Waals surface area contributed by atoms with Crippen LogP contribution < -0.4 is 0 Å². The van der Waals surface area contributed by atoms with Crippen LogP contribution in [0, 0.1) is 0 Å². The van der Waals surface area contributed by atoms with E-state index in [4.69, 9.17) is 9.47 Å². The van der Waals surface area contributed by atoms with Crippen molar-refractivity contribution < 1.29 is 24.2 Å². The molecule has 1 atom stereocenters. The van der Waals surface area contributed by atoms with Crippen LogP contribution in [0.15, 0.2) is 122 Å². The maximum atomic E-state index is 12.3. The van der Waals surface area contributed by atoms with Crippen molar-refractivity contribution in [3.05, 3.63) is 122 Å². The summed E-state index contributed by atoms with van der Waals surface area (Å²) in [5.41, 5.74) is 0. The molecule has 0 aliphatic carbocycles. The van der Waals surface area contributed by atoms with Gasteiger partial charge < -0.3 is 14.6 Å². The number of allylic oxidation sites excluding steroid dienone is 20. The first kappa shape index (κ1) is 63.3. The van der Waals surface area contributed by atoms with Crippen LogP contribution in [0.1, 0.15) is 239 Å². The third-order valence-electron chi connectivity index (χ3n) is 11.5. The minimum absolute atomic E-state index is 0.0788. The SMILES string of the molecule is CC/C=C\C/C=C\C/C=C\C/C=C\C/C=C\C/C=C\C/C=C\C/C=C\CCCCCCCCCCCCCCC(=O)OC(CO)COC(=O)CCCCCCC/C=C\C/C=C\CCCCCC. The molecule has 0 aliphatic heterocycles. The maximum Gasteiger partial charge on any atom is 0.306 e. The molecule has 1 N–H and O–H groups in total. The average Bonchev–Trinajstić information content (AvgIpc) is 3.33. The highest BCUT2D eigenvalue weighted by molar-refractivity contribution is 5.70. The van der Waals surface area contributed by atoms with Gasteiger partial charge in [-0.25, -0.2) is 0 Å². The minimum Gasteiger partial charge on any atom is -0.462 e. The Balaban J connectivity index is 3.56. The van der Waals surface area contributed by atoms with Crippen LogP contribution in [0.2, 0.25) is 0 Å². The molecule has 1 unspecified atom stereocenters. The van der Waals surface area contributed by atoms with Crippen LogP contribution in [-0.2, 0) is 19.1 Å². The highest BCUT2D eigenvalue weighted by Gasteiger charge is 2.16. The number of carbonyl (C=O) groups excluding carboxylic acids is 2. The molecule has 0 bridgehead atoms. The second-order valence-corrected chi connectivity index (χ2v) is 17.9. The number of esters is 2. The fourth-order valence-electron chi connectivity index (χ4n) is 7.37. The van der Waals surface area contributed by atoms with Crippen molar-refractivity contribution in [2.75, 3.05) is 13.2 Å². The third-order valence-corrected chi connectivity index (χ3v) is 11.5. The lowest BCUT2D eigenvalue weighted by Gasteiger charge is -2.15. The van der Waals surface area contributed by atoms with Gasteiger partial charge >= 0.3 is 11.9 Å². The Labute approximate surface area is 413 Å². The zero-order valence-electron chi connectivity index (χ0n) is 43.4. The first-order valence-corrected chi connectivity index (χ1v) is 27.6. The molecule has 0 aromatic carbocycles. The molecule has 0 heterocycles. The van der Waals surface area contributed by atoms with Crippen LogP contribution >= 0.6 is 0 Å². The number of hydrogen-bond donors (Lipinski definition) is 1. The lowest BCUT2D eigenvalue weighted by Crippen LogP contribution is -2.28. The summed E-state index contributed by atoms with van der Waals surface area (Å²) >= 11 is 0.